The van der Waals surface area contributed by atoms with Crippen LogP contribution in [0.4, 0.5) is 24.9 Å². The molecule has 2 aromatic heterocycles. The minimum atomic E-state index is -4.40. The van der Waals surface area contributed by atoms with Crippen LogP contribution in [0.25, 0.3) is 20.8 Å². The Hall–Kier alpha value is -2.58. The minimum absolute atomic E-state index is 0.0921. The molecule has 1 saturated carbocycles. The van der Waals surface area contributed by atoms with Crippen molar-refractivity contribution in [1.29, 1.82) is 0 Å². The number of nitrogens with zero attached hydrogens (tertiary/aromatic N) is 4. The molecule has 9 nitrogen and oxygen atoms in total. The number of aromatic nitrogens is 3. The number of hydrogen-bond acceptors (Lipinski definition) is 10. The van der Waals surface area contributed by atoms with Crippen molar-refractivity contribution >= 4 is 33.3 Å². The number of ether oxygens (including phenoxy) is 3. The maximum atomic E-state index is 13.0. The lowest BCUT2D eigenvalue weighted by Gasteiger charge is -2.31. The van der Waals surface area contributed by atoms with Gasteiger partial charge in [-0.3, -0.25) is 4.90 Å². The standard InChI is InChI=1S/C27H33F3N6O3S/c1-15-20(24-34-17-6-4-5-7-19(17)40-24)23(35-25(32-15)31-14-27(28,29)30)33-18-12-16(13-36-8-10-37-11-9-36)21-22(18)39-26(2,3)38-21/h4-7,16,18,21-22H,8-14H2,1-3H3,(H2,31,32,33,35)/t16-,18?,21-,22+/m1/s1. The fraction of sp³-hybridized carbons (Fsp3) is 0.593. The summed E-state index contributed by atoms with van der Waals surface area (Å²) in [5.41, 5.74) is 2.04. The zero-order valence-electron chi connectivity index (χ0n) is 22.6. The molecule has 40 heavy (non-hydrogen) atoms. The highest BCUT2D eigenvalue weighted by atomic mass is 32.1. The zero-order valence-corrected chi connectivity index (χ0v) is 23.4. The molecule has 4 heterocycles. The summed E-state index contributed by atoms with van der Waals surface area (Å²) in [7, 11) is 0. The highest BCUT2D eigenvalue weighted by molar-refractivity contribution is 7.21. The summed E-state index contributed by atoms with van der Waals surface area (Å²) < 4.78 is 58.3. The van der Waals surface area contributed by atoms with E-state index < -0.39 is 18.5 Å². The summed E-state index contributed by atoms with van der Waals surface area (Å²) in [6.07, 6.45) is -4.00. The highest BCUT2D eigenvalue weighted by Crippen LogP contribution is 2.44. The van der Waals surface area contributed by atoms with E-state index in [1.165, 1.54) is 11.3 Å². The number of nitrogens with one attached hydrogen (secondary N) is 2. The molecule has 216 valence electrons. The van der Waals surface area contributed by atoms with Crippen molar-refractivity contribution in [3.05, 3.63) is 30.0 Å². The third-order valence-corrected chi connectivity index (χ3v) is 8.60. The molecule has 0 bridgehead atoms. The van der Waals surface area contributed by atoms with Crippen LogP contribution in [-0.2, 0) is 14.2 Å². The SMILES string of the molecule is Cc1nc(NCC(F)(F)F)nc(NC2C[C@H](CN3CCOCC3)[C@H]3OC(C)(C)O[C@@H]23)c1-c1nc2ccccc2s1. The van der Waals surface area contributed by atoms with Crippen LogP contribution in [0.3, 0.4) is 0 Å². The molecule has 3 fully saturated rings. The molecule has 0 amide bonds. The summed E-state index contributed by atoms with van der Waals surface area (Å²) >= 11 is 1.50. The number of rotatable bonds is 7. The van der Waals surface area contributed by atoms with Gasteiger partial charge in [0.25, 0.3) is 0 Å². The molecular weight excluding hydrogens is 545 g/mol. The average molecular weight is 579 g/mol. The second-order valence-electron chi connectivity index (χ2n) is 11.0. The Morgan fingerprint density at radius 3 is 2.58 bits per heavy atom. The molecule has 6 rings (SSSR count). The largest absolute Gasteiger partial charge is 0.405 e. The summed E-state index contributed by atoms with van der Waals surface area (Å²) in [6, 6.07) is 7.62. The number of hydrogen-bond donors (Lipinski definition) is 2. The number of halogens is 3. The van der Waals surface area contributed by atoms with Crippen molar-refractivity contribution in [2.45, 2.75) is 57.4 Å². The normalized spacial score (nSPS) is 26.8. The molecule has 1 unspecified atom stereocenters. The number of fused-ring (bicyclic) bond motifs is 2. The topological polar surface area (TPSA) is 93.7 Å². The smallest absolute Gasteiger partial charge is 0.379 e. The van der Waals surface area contributed by atoms with Crippen LogP contribution in [0.2, 0.25) is 0 Å². The van der Waals surface area contributed by atoms with Crippen molar-refractivity contribution in [2.75, 3.05) is 50.0 Å². The van der Waals surface area contributed by atoms with E-state index >= 15 is 0 Å². The fourth-order valence-electron chi connectivity index (χ4n) is 5.87. The fourth-order valence-corrected chi connectivity index (χ4v) is 6.93. The van der Waals surface area contributed by atoms with Crippen molar-refractivity contribution in [3.8, 4) is 10.6 Å². The van der Waals surface area contributed by atoms with Crippen LogP contribution in [0.15, 0.2) is 24.3 Å². The molecule has 2 aliphatic heterocycles. The minimum Gasteiger partial charge on any atom is -0.379 e. The maximum Gasteiger partial charge on any atom is 0.405 e. The molecule has 1 aromatic carbocycles. The van der Waals surface area contributed by atoms with E-state index in [2.05, 4.69) is 25.5 Å². The summed E-state index contributed by atoms with van der Waals surface area (Å²) in [4.78, 5) is 16.1. The van der Waals surface area contributed by atoms with Crippen molar-refractivity contribution in [2.24, 2.45) is 5.92 Å². The number of morpholine rings is 1. The number of benzene rings is 1. The third-order valence-electron chi connectivity index (χ3n) is 7.54. The Balaban J connectivity index is 1.33. The molecule has 2 saturated heterocycles. The lowest BCUT2D eigenvalue weighted by atomic mass is 10.0. The molecule has 2 N–H and O–H groups in total. The quantitative estimate of drug-likeness (QED) is 0.414. The number of thiazole rings is 1. The van der Waals surface area contributed by atoms with Crippen LogP contribution in [0.1, 0.15) is 26.0 Å². The predicted octanol–water partition coefficient (Wildman–Crippen LogP) is 4.69. The molecule has 4 atom stereocenters. The number of alkyl halides is 3. The molecule has 0 spiro atoms. The Bertz CT molecular complexity index is 1330. The third kappa shape index (κ3) is 5.89. The van der Waals surface area contributed by atoms with Crippen LogP contribution >= 0.6 is 11.3 Å². The predicted molar refractivity (Wildman–Crippen MR) is 147 cm³/mol. The van der Waals surface area contributed by atoms with Gasteiger partial charge in [0.2, 0.25) is 5.95 Å². The van der Waals surface area contributed by atoms with Gasteiger partial charge in [0.05, 0.1) is 46.8 Å². The van der Waals surface area contributed by atoms with E-state index in [0.29, 0.717) is 35.3 Å². The first-order chi connectivity index (χ1) is 19.0. The van der Waals surface area contributed by atoms with Gasteiger partial charge < -0.3 is 24.8 Å². The van der Waals surface area contributed by atoms with Crippen molar-refractivity contribution in [3.63, 3.8) is 0 Å². The van der Waals surface area contributed by atoms with Crippen LogP contribution < -0.4 is 10.6 Å². The number of aryl methyl sites for hydroxylation is 1. The van der Waals surface area contributed by atoms with Gasteiger partial charge in [-0.25, -0.2) is 9.97 Å². The van der Waals surface area contributed by atoms with Crippen LogP contribution in [0, 0.1) is 12.8 Å². The first-order valence-electron chi connectivity index (χ1n) is 13.5. The lowest BCUT2D eigenvalue weighted by molar-refractivity contribution is -0.158. The average Bonchev–Trinajstić information content (AvgIpc) is 3.54. The van der Waals surface area contributed by atoms with Crippen molar-refractivity contribution in [1.82, 2.24) is 19.9 Å². The number of para-hydroxylation sites is 1. The summed E-state index contributed by atoms with van der Waals surface area (Å²) in [5.74, 6) is -0.194. The molecular formula is C27H33F3N6O3S. The first-order valence-corrected chi connectivity index (χ1v) is 14.3. The molecule has 0 radical (unpaired) electrons. The second-order valence-corrected chi connectivity index (χ2v) is 12.1. The maximum absolute atomic E-state index is 13.0. The first kappa shape index (κ1) is 27.6. The second kappa shape index (κ2) is 10.7. The molecule has 3 aliphatic rings. The van der Waals surface area contributed by atoms with Crippen LogP contribution in [-0.4, -0.2) is 89.5 Å². The van der Waals surface area contributed by atoms with Crippen molar-refractivity contribution < 1.29 is 27.4 Å². The van der Waals surface area contributed by atoms with Gasteiger partial charge in [-0.05, 0) is 39.3 Å². The van der Waals surface area contributed by atoms with E-state index in [4.69, 9.17) is 19.2 Å². The highest BCUT2D eigenvalue weighted by Gasteiger charge is 2.54. The Morgan fingerprint density at radius 2 is 1.82 bits per heavy atom. The molecule has 13 heteroatoms. The van der Waals surface area contributed by atoms with Gasteiger partial charge in [0.15, 0.2) is 5.79 Å². The van der Waals surface area contributed by atoms with E-state index in [0.717, 1.165) is 36.3 Å². The van der Waals surface area contributed by atoms with Gasteiger partial charge in [-0.2, -0.15) is 18.2 Å². The lowest BCUT2D eigenvalue weighted by Crippen LogP contribution is -2.41. The Labute approximate surface area is 234 Å². The van der Waals surface area contributed by atoms with Gasteiger partial charge in [-0.1, -0.05) is 12.1 Å². The Kier molecular flexibility index (Phi) is 7.36. The summed E-state index contributed by atoms with van der Waals surface area (Å²) in [5, 5.41) is 6.59. The summed E-state index contributed by atoms with van der Waals surface area (Å²) in [6.45, 7) is 8.39. The van der Waals surface area contributed by atoms with E-state index in [1.807, 2.05) is 38.1 Å². The van der Waals surface area contributed by atoms with Gasteiger partial charge in [0, 0.05) is 25.6 Å². The Morgan fingerprint density at radius 1 is 1.07 bits per heavy atom. The number of anilines is 2. The van der Waals surface area contributed by atoms with Gasteiger partial charge in [-0.15, -0.1) is 11.3 Å². The van der Waals surface area contributed by atoms with Gasteiger partial charge >= 0.3 is 6.18 Å². The van der Waals surface area contributed by atoms with Gasteiger partial charge in [0.1, 0.15) is 23.5 Å². The van der Waals surface area contributed by atoms with E-state index in [9.17, 15) is 13.2 Å². The van der Waals surface area contributed by atoms with E-state index in [1.54, 1.807) is 6.92 Å². The van der Waals surface area contributed by atoms with E-state index in [-0.39, 0.29) is 30.1 Å². The monoisotopic (exact) mass is 578 g/mol. The molecule has 1 aliphatic carbocycles. The van der Waals surface area contributed by atoms with Crippen LogP contribution in [0.5, 0.6) is 0 Å². The zero-order chi connectivity index (χ0) is 28.1. The molecule has 3 aromatic rings.